The van der Waals surface area contributed by atoms with E-state index >= 15 is 0 Å². The molecule has 0 saturated carbocycles. The fraction of sp³-hybridized carbons (Fsp3) is 0.300. The van der Waals surface area contributed by atoms with Gasteiger partial charge in [-0.1, -0.05) is 31.7 Å². The monoisotopic (exact) mass is 148 g/mol. The third kappa shape index (κ3) is 1.90. The molecule has 1 unspecified atom stereocenters. The Balaban J connectivity index is 2.70. The maximum absolute atomic E-state index is 11.0. The van der Waals surface area contributed by atoms with Crippen molar-refractivity contribution in [3.05, 3.63) is 36.5 Å². The van der Waals surface area contributed by atoms with E-state index in [1.54, 1.807) is 0 Å². The molecule has 1 atom stereocenters. The molecule has 0 aromatic rings. The van der Waals surface area contributed by atoms with Crippen molar-refractivity contribution in [2.45, 2.75) is 13.3 Å². The summed E-state index contributed by atoms with van der Waals surface area (Å²) in [6.45, 7) is 5.56. The fourth-order valence-corrected chi connectivity index (χ4v) is 1.03. The zero-order valence-electron chi connectivity index (χ0n) is 6.71. The summed E-state index contributed by atoms with van der Waals surface area (Å²) in [7, 11) is 0. The van der Waals surface area contributed by atoms with Gasteiger partial charge in [-0.3, -0.25) is 4.79 Å². The predicted molar refractivity (Wildman–Crippen MR) is 46.2 cm³/mol. The average molecular weight is 148 g/mol. The lowest BCUT2D eigenvalue weighted by molar-refractivity contribution is -0.111. The van der Waals surface area contributed by atoms with Gasteiger partial charge in [-0.05, 0) is 18.4 Å². The Morgan fingerprint density at radius 1 is 1.82 bits per heavy atom. The number of hydrogen-bond donors (Lipinski definition) is 0. The van der Waals surface area contributed by atoms with Crippen LogP contribution < -0.4 is 0 Å². The predicted octanol–water partition coefficient (Wildman–Crippen LogP) is 2.26. The lowest BCUT2D eigenvalue weighted by Crippen LogP contribution is -2.01. The Labute approximate surface area is 67.1 Å². The lowest BCUT2D eigenvalue weighted by Gasteiger charge is -2.08. The molecule has 1 aliphatic carbocycles. The van der Waals surface area contributed by atoms with Crippen LogP contribution >= 0.6 is 0 Å². The molecule has 0 heterocycles. The Bertz CT molecular complexity index is 233. The minimum atomic E-state index is 0.0214. The summed E-state index contributed by atoms with van der Waals surface area (Å²) in [5.74, 6) is 0.588. The van der Waals surface area contributed by atoms with E-state index in [4.69, 9.17) is 0 Å². The molecule has 0 amide bonds. The van der Waals surface area contributed by atoms with Crippen LogP contribution in [0, 0.1) is 5.92 Å². The van der Waals surface area contributed by atoms with Crippen LogP contribution in [0.4, 0.5) is 0 Å². The van der Waals surface area contributed by atoms with Crippen LogP contribution in [-0.2, 0) is 4.79 Å². The van der Waals surface area contributed by atoms with Gasteiger partial charge in [0.05, 0.1) is 0 Å². The van der Waals surface area contributed by atoms with E-state index < -0.39 is 0 Å². The van der Waals surface area contributed by atoms with Crippen LogP contribution in [0.5, 0.6) is 0 Å². The molecule has 1 heteroatoms. The first-order valence-corrected chi connectivity index (χ1v) is 3.79. The molecule has 0 aromatic heterocycles. The molecule has 1 nitrogen and oxygen atoms in total. The minimum absolute atomic E-state index is 0.0214. The number of allylic oxidation sites excluding steroid dienone is 5. The van der Waals surface area contributed by atoms with Gasteiger partial charge < -0.3 is 0 Å². The van der Waals surface area contributed by atoms with Crippen LogP contribution in [-0.4, -0.2) is 5.78 Å². The normalized spacial score (nSPS) is 22.6. The summed E-state index contributed by atoms with van der Waals surface area (Å²) >= 11 is 0. The minimum Gasteiger partial charge on any atom is -0.289 e. The van der Waals surface area contributed by atoms with Gasteiger partial charge in [0.15, 0.2) is 5.78 Å². The highest BCUT2D eigenvalue weighted by molar-refractivity contribution is 6.05. The maximum atomic E-state index is 11.0. The van der Waals surface area contributed by atoms with Gasteiger partial charge in [0.1, 0.15) is 0 Å². The Morgan fingerprint density at radius 2 is 2.55 bits per heavy atom. The standard InChI is InChI=1S/C10H12O/c1-3-10(11)9-6-4-8(2)5-7-9/h3-4,6-8H,1,5H2,2H3. The van der Waals surface area contributed by atoms with Gasteiger partial charge in [0.25, 0.3) is 0 Å². The van der Waals surface area contributed by atoms with Crippen LogP contribution in [0.2, 0.25) is 0 Å². The second kappa shape index (κ2) is 3.33. The van der Waals surface area contributed by atoms with Gasteiger partial charge in [-0.2, -0.15) is 0 Å². The van der Waals surface area contributed by atoms with E-state index in [0.29, 0.717) is 5.92 Å². The van der Waals surface area contributed by atoms with E-state index in [1.165, 1.54) is 6.08 Å². The van der Waals surface area contributed by atoms with Crippen molar-refractivity contribution in [3.63, 3.8) is 0 Å². The Morgan fingerprint density at radius 3 is 3.00 bits per heavy atom. The molecule has 0 N–H and O–H groups in total. The molecule has 58 valence electrons. The summed E-state index contributed by atoms with van der Waals surface area (Å²) in [6, 6.07) is 0. The summed E-state index contributed by atoms with van der Waals surface area (Å²) in [5, 5.41) is 0. The zero-order valence-corrected chi connectivity index (χ0v) is 6.71. The molecule has 0 aromatic carbocycles. The molecule has 0 bridgehead atoms. The summed E-state index contributed by atoms with van der Waals surface area (Å²) in [6.07, 6.45) is 8.21. The average Bonchev–Trinajstić information content (AvgIpc) is 2.05. The van der Waals surface area contributed by atoms with E-state index in [1.807, 2.05) is 12.2 Å². The first kappa shape index (κ1) is 7.99. The third-order valence-electron chi connectivity index (χ3n) is 1.78. The number of ketones is 1. The molecular formula is C10H12O. The molecule has 1 rings (SSSR count). The number of rotatable bonds is 2. The number of hydrogen-bond acceptors (Lipinski definition) is 1. The summed E-state index contributed by atoms with van der Waals surface area (Å²) < 4.78 is 0. The quantitative estimate of drug-likeness (QED) is 0.549. The van der Waals surface area contributed by atoms with Gasteiger partial charge in [-0.25, -0.2) is 0 Å². The largest absolute Gasteiger partial charge is 0.289 e. The van der Waals surface area contributed by atoms with Crippen LogP contribution in [0.3, 0.4) is 0 Å². The van der Waals surface area contributed by atoms with E-state index in [2.05, 4.69) is 19.6 Å². The van der Waals surface area contributed by atoms with Crippen molar-refractivity contribution >= 4 is 5.78 Å². The molecule has 11 heavy (non-hydrogen) atoms. The van der Waals surface area contributed by atoms with Gasteiger partial charge in [0.2, 0.25) is 0 Å². The second-order valence-corrected chi connectivity index (χ2v) is 2.80. The molecule has 0 saturated heterocycles. The van der Waals surface area contributed by atoms with Crippen LogP contribution in [0.1, 0.15) is 13.3 Å². The topological polar surface area (TPSA) is 17.1 Å². The SMILES string of the molecule is C=CC(=O)C1=CCC(C)C=C1. The van der Waals surface area contributed by atoms with Crippen molar-refractivity contribution < 1.29 is 4.79 Å². The molecule has 0 radical (unpaired) electrons. The maximum Gasteiger partial charge on any atom is 0.184 e. The van der Waals surface area contributed by atoms with Crippen molar-refractivity contribution in [1.82, 2.24) is 0 Å². The third-order valence-corrected chi connectivity index (χ3v) is 1.78. The summed E-state index contributed by atoms with van der Waals surface area (Å²) in [4.78, 5) is 11.0. The lowest BCUT2D eigenvalue weighted by atomic mass is 9.96. The van der Waals surface area contributed by atoms with Gasteiger partial charge in [-0.15, -0.1) is 0 Å². The first-order chi connectivity index (χ1) is 5.24. The van der Waals surface area contributed by atoms with Gasteiger partial charge in [0, 0.05) is 5.57 Å². The highest BCUT2D eigenvalue weighted by Gasteiger charge is 2.06. The van der Waals surface area contributed by atoms with Crippen molar-refractivity contribution in [2.24, 2.45) is 5.92 Å². The van der Waals surface area contributed by atoms with E-state index in [9.17, 15) is 4.79 Å². The van der Waals surface area contributed by atoms with Crippen molar-refractivity contribution in [2.75, 3.05) is 0 Å². The highest BCUT2D eigenvalue weighted by Crippen LogP contribution is 2.15. The van der Waals surface area contributed by atoms with E-state index in [0.717, 1.165) is 12.0 Å². The number of carbonyl (C=O) groups is 1. The summed E-state index contributed by atoms with van der Waals surface area (Å²) in [5.41, 5.74) is 0.776. The molecule has 0 fully saturated rings. The second-order valence-electron chi connectivity index (χ2n) is 2.80. The fourth-order valence-electron chi connectivity index (χ4n) is 1.03. The van der Waals surface area contributed by atoms with Gasteiger partial charge >= 0.3 is 0 Å². The Hall–Kier alpha value is -1.11. The Kier molecular flexibility index (Phi) is 2.42. The molecular weight excluding hydrogens is 136 g/mol. The zero-order chi connectivity index (χ0) is 8.27. The first-order valence-electron chi connectivity index (χ1n) is 3.79. The highest BCUT2D eigenvalue weighted by atomic mass is 16.1. The number of carbonyl (C=O) groups excluding carboxylic acids is 1. The molecule has 1 aliphatic rings. The van der Waals surface area contributed by atoms with Crippen LogP contribution in [0.15, 0.2) is 36.5 Å². The molecule has 0 aliphatic heterocycles. The molecule has 0 spiro atoms. The smallest absolute Gasteiger partial charge is 0.184 e. The van der Waals surface area contributed by atoms with E-state index in [-0.39, 0.29) is 5.78 Å². The van der Waals surface area contributed by atoms with Crippen molar-refractivity contribution in [3.8, 4) is 0 Å². The van der Waals surface area contributed by atoms with Crippen molar-refractivity contribution in [1.29, 1.82) is 0 Å². The van der Waals surface area contributed by atoms with Crippen LogP contribution in [0.25, 0.3) is 0 Å².